The van der Waals surface area contributed by atoms with Gasteiger partial charge < -0.3 is 14.6 Å². The van der Waals surface area contributed by atoms with Gasteiger partial charge in [-0.1, -0.05) is 23.2 Å². The molecule has 3 rings (SSSR count). The zero-order chi connectivity index (χ0) is 12.0. The number of hydrogen-bond acceptors (Lipinski definition) is 2. The second kappa shape index (κ2) is 5.17. The third-order valence-corrected chi connectivity index (χ3v) is 3.67. The summed E-state index contributed by atoms with van der Waals surface area (Å²) in [6, 6.07) is 3.70. The van der Waals surface area contributed by atoms with Crippen molar-refractivity contribution >= 4 is 46.5 Å². The molecule has 1 aromatic carbocycles. The number of benzene rings is 1. The first-order valence-electron chi connectivity index (χ1n) is 5.47. The molecule has 0 bridgehead atoms. The van der Waals surface area contributed by atoms with Crippen LogP contribution < -0.4 is 10.1 Å². The maximum atomic E-state index is 6.27. The third kappa shape index (κ3) is 1.95. The SMILES string of the molecule is COc1c2n(c3cc(Cl)cc(Cl)c13)CCNC2.Cl. The number of nitrogens with one attached hydrogen (secondary N) is 1. The number of methoxy groups -OCH3 is 1. The number of hydrogen-bond donors (Lipinski definition) is 1. The molecule has 0 amide bonds. The van der Waals surface area contributed by atoms with Gasteiger partial charge >= 0.3 is 0 Å². The van der Waals surface area contributed by atoms with Crippen molar-refractivity contribution in [2.45, 2.75) is 13.1 Å². The molecule has 0 aliphatic carbocycles. The zero-order valence-corrected chi connectivity index (χ0v) is 12.1. The Morgan fingerprint density at radius 2 is 2.11 bits per heavy atom. The highest BCUT2D eigenvalue weighted by molar-refractivity contribution is 6.39. The Morgan fingerprint density at radius 1 is 1.33 bits per heavy atom. The Bertz CT molecular complexity index is 595. The molecule has 18 heavy (non-hydrogen) atoms. The van der Waals surface area contributed by atoms with Crippen LogP contribution in [0.4, 0.5) is 0 Å². The lowest BCUT2D eigenvalue weighted by Crippen LogP contribution is -2.27. The average Bonchev–Trinajstić information content (AvgIpc) is 2.63. The van der Waals surface area contributed by atoms with Gasteiger partial charge in [-0.25, -0.2) is 0 Å². The number of ether oxygens (including phenoxy) is 1. The van der Waals surface area contributed by atoms with E-state index >= 15 is 0 Å². The Labute approximate surface area is 121 Å². The summed E-state index contributed by atoms with van der Waals surface area (Å²) in [4.78, 5) is 0. The lowest BCUT2D eigenvalue weighted by molar-refractivity contribution is 0.401. The maximum absolute atomic E-state index is 6.27. The van der Waals surface area contributed by atoms with E-state index in [1.165, 1.54) is 0 Å². The summed E-state index contributed by atoms with van der Waals surface area (Å²) in [5.41, 5.74) is 2.19. The van der Waals surface area contributed by atoms with Crippen molar-refractivity contribution in [2.75, 3.05) is 13.7 Å². The van der Waals surface area contributed by atoms with Gasteiger partial charge in [-0.2, -0.15) is 0 Å². The zero-order valence-electron chi connectivity index (χ0n) is 9.80. The first kappa shape index (κ1) is 13.8. The van der Waals surface area contributed by atoms with E-state index in [-0.39, 0.29) is 12.4 Å². The van der Waals surface area contributed by atoms with Crippen molar-refractivity contribution in [3.8, 4) is 5.75 Å². The van der Waals surface area contributed by atoms with E-state index in [1.54, 1.807) is 13.2 Å². The Hall–Kier alpha value is -0.610. The predicted octanol–water partition coefficient (Wildman–Crippen LogP) is 3.48. The van der Waals surface area contributed by atoms with Gasteiger partial charge in [0, 0.05) is 24.7 Å². The van der Waals surface area contributed by atoms with Gasteiger partial charge in [0.05, 0.1) is 28.7 Å². The fraction of sp³-hybridized carbons (Fsp3) is 0.333. The molecule has 0 unspecified atom stereocenters. The molecular formula is C12H13Cl3N2O. The Morgan fingerprint density at radius 3 is 2.83 bits per heavy atom. The highest BCUT2D eigenvalue weighted by Crippen LogP contribution is 2.40. The van der Waals surface area contributed by atoms with Gasteiger partial charge in [0.2, 0.25) is 0 Å². The van der Waals surface area contributed by atoms with Crippen molar-refractivity contribution in [3.63, 3.8) is 0 Å². The van der Waals surface area contributed by atoms with E-state index in [0.717, 1.165) is 42.0 Å². The summed E-state index contributed by atoms with van der Waals surface area (Å²) in [6.07, 6.45) is 0. The monoisotopic (exact) mass is 306 g/mol. The van der Waals surface area contributed by atoms with Crippen LogP contribution in [0.3, 0.4) is 0 Å². The summed E-state index contributed by atoms with van der Waals surface area (Å²) in [7, 11) is 1.68. The van der Waals surface area contributed by atoms with Crippen LogP contribution in [0.15, 0.2) is 12.1 Å². The van der Waals surface area contributed by atoms with Gasteiger partial charge in [-0.05, 0) is 12.1 Å². The first-order valence-corrected chi connectivity index (χ1v) is 6.23. The number of halogens is 3. The van der Waals surface area contributed by atoms with Crippen LogP contribution >= 0.6 is 35.6 Å². The van der Waals surface area contributed by atoms with Crippen molar-refractivity contribution in [3.05, 3.63) is 27.9 Å². The molecular weight excluding hydrogens is 295 g/mol. The lowest BCUT2D eigenvalue weighted by atomic mass is 10.2. The van der Waals surface area contributed by atoms with Crippen LogP contribution in [-0.4, -0.2) is 18.2 Å². The minimum absolute atomic E-state index is 0. The van der Waals surface area contributed by atoms with Gasteiger partial charge in [-0.3, -0.25) is 0 Å². The largest absolute Gasteiger partial charge is 0.494 e. The number of aromatic nitrogens is 1. The van der Waals surface area contributed by atoms with Crippen molar-refractivity contribution in [1.29, 1.82) is 0 Å². The van der Waals surface area contributed by atoms with Crippen LogP contribution in [0, 0.1) is 0 Å². The summed E-state index contributed by atoms with van der Waals surface area (Å²) >= 11 is 12.3. The standard InChI is InChI=1S/C12H12Cl2N2O.ClH/c1-17-12-10-6-15-2-3-16(10)9-5-7(13)4-8(14)11(9)12;/h4-5,15H,2-3,6H2,1H3;1H. The molecule has 1 N–H and O–H groups in total. The van der Waals surface area contributed by atoms with Crippen LogP contribution in [0.25, 0.3) is 10.9 Å². The molecule has 0 atom stereocenters. The molecule has 0 spiro atoms. The van der Waals surface area contributed by atoms with Crippen LogP contribution in [-0.2, 0) is 13.1 Å². The molecule has 0 saturated heterocycles. The normalized spacial score (nSPS) is 14.2. The average molecular weight is 308 g/mol. The Kier molecular flexibility index (Phi) is 3.97. The molecule has 98 valence electrons. The van der Waals surface area contributed by atoms with E-state index < -0.39 is 0 Å². The molecule has 1 aliphatic heterocycles. The lowest BCUT2D eigenvalue weighted by Gasteiger charge is -2.17. The topological polar surface area (TPSA) is 26.2 Å². The van der Waals surface area contributed by atoms with Crippen LogP contribution in [0.1, 0.15) is 5.69 Å². The minimum atomic E-state index is 0. The number of nitrogens with zero attached hydrogens (tertiary/aromatic N) is 1. The second-order valence-electron chi connectivity index (χ2n) is 4.09. The molecule has 0 radical (unpaired) electrons. The van der Waals surface area contributed by atoms with E-state index in [1.807, 2.05) is 6.07 Å². The molecule has 6 heteroatoms. The smallest absolute Gasteiger partial charge is 0.150 e. The maximum Gasteiger partial charge on any atom is 0.150 e. The van der Waals surface area contributed by atoms with Crippen molar-refractivity contribution in [1.82, 2.24) is 9.88 Å². The molecule has 1 aliphatic rings. The van der Waals surface area contributed by atoms with E-state index in [4.69, 9.17) is 27.9 Å². The highest BCUT2D eigenvalue weighted by atomic mass is 35.5. The predicted molar refractivity (Wildman–Crippen MR) is 77.5 cm³/mol. The van der Waals surface area contributed by atoms with Gasteiger partial charge in [0.25, 0.3) is 0 Å². The summed E-state index contributed by atoms with van der Waals surface area (Å²) in [5, 5.41) is 5.59. The van der Waals surface area contributed by atoms with Crippen molar-refractivity contribution < 1.29 is 4.74 Å². The molecule has 2 aromatic rings. The summed E-state index contributed by atoms with van der Waals surface area (Å²) in [6.45, 7) is 2.65. The molecule has 3 nitrogen and oxygen atoms in total. The van der Waals surface area contributed by atoms with Gasteiger partial charge in [-0.15, -0.1) is 12.4 Å². The Balaban J connectivity index is 0.00000120. The number of rotatable bonds is 1. The third-order valence-electron chi connectivity index (χ3n) is 3.15. The minimum Gasteiger partial charge on any atom is -0.494 e. The van der Waals surface area contributed by atoms with E-state index in [2.05, 4.69) is 9.88 Å². The van der Waals surface area contributed by atoms with Crippen LogP contribution in [0.5, 0.6) is 5.75 Å². The van der Waals surface area contributed by atoms with E-state index in [0.29, 0.717) is 10.0 Å². The van der Waals surface area contributed by atoms with Gasteiger partial charge in [0.1, 0.15) is 5.75 Å². The number of fused-ring (bicyclic) bond motifs is 3. The molecule has 2 heterocycles. The van der Waals surface area contributed by atoms with Crippen molar-refractivity contribution in [2.24, 2.45) is 0 Å². The van der Waals surface area contributed by atoms with Crippen LogP contribution in [0.2, 0.25) is 10.0 Å². The summed E-state index contributed by atoms with van der Waals surface area (Å²) < 4.78 is 7.72. The summed E-state index contributed by atoms with van der Waals surface area (Å²) in [5.74, 6) is 0.855. The van der Waals surface area contributed by atoms with E-state index in [9.17, 15) is 0 Å². The first-order chi connectivity index (χ1) is 8.22. The highest BCUT2D eigenvalue weighted by Gasteiger charge is 2.22. The molecule has 0 saturated carbocycles. The molecule has 1 aromatic heterocycles. The quantitative estimate of drug-likeness (QED) is 0.873. The fourth-order valence-electron chi connectivity index (χ4n) is 2.46. The van der Waals surface area contributed by atoms with Gasteiger partial charge in [0.15, 0.2) is 0 Å². The second-order valence-corrected chi connectivity index (χ2v) is 4.93. The molecule has 0 fully saturated rings. The fourth-order valence-corrected chi connectivity index (χ4v) is 3.03.